The molecular formula is C24H24N2O4. The molecular weight excluding hydrogens is 380 g/mol. The van der Waals surface area contributed by atoms with E-state index < -0.39 is 5.97 Å². The predicted octanol–water partition coefficient (Wildman–Crippen LogP) is 3.93. The molecule has 0 aromatic heterocycles. The Morgan fingerprint density at radius 1 is 1.20 bits per heavy atom. The number of nitrogens with one attached hydrogen (secondary N) is 2. The fourth-order valence-electron chi connectivity index (χ4n) is 3.38. The van der Waals surface area contributed by atoms with Gasteiger partial charge in [-0.1, -0.05) is 18.2 Å². The van der Waals surface area contributed by atoms with Crippen molar-refractivity contribution >= 4 is 18.1 Å². The third-order valence-electron chi connectivity index (χ3n) is 4.98. The molecule has 1 amide bonds. The van der Waals surface area contributed by atoms with E-state index >= 15 is 0 Å². The molecule has 0 saturated heterocycles. The van der Waals surface area contributed by atoms with Gasteiger partial charge in [-0.05, 0) is 72.0 Å². The second-order valence-electron chi connectivity index (χ2n) is 7.12. The van der Waals surface area contributed by atoms with Crippen molar-refractivity contribution in [3.8, 4) is 16.9 Å². The van der Waals surface area contributed by atoms with Crippen LogP contribution >= 0.6 is 0 Å². The quantitative estimate of drug-likeness (QED) is 0.370. The number of aryl methyl sites for hydroxylation is 1. The molecule has 1 aliphatic heterocycles. The fraction of sp³-hybridized carbons (Fsp3) is 0.208. The monoisotopic (exact) mass is 404 g/mol. The maximum absolute atomic E-state index is 12.0. The minimum Gasteiger partial charge on any atom is -0.488 e. The van der Waals surface area contributed by atoms with Crippen LogP contribution in [0.4, 0.5) is 0 Å². The van der Waals surface area contributed by atoms with Crippen LogP contribution in [-0.2, 0) is 11.2 Å². The van der Waals surface area contributed by atoms with Gasteiger partial charge in [0.2, 0.25) is 5.91 Å². The molecule has 0 spiro atoms. The zero-order chi connectivity index (χ0) is 21.7. The number of hydrogen-bond acceptors (Lipinski definition) is 4. The normalized spacial score (nSPS) is 15.5. The van der Waals surface area contributed by atoms with E-state index in [1.54, 1.807) is 36.4 Å². The molecule has 3 N–H and O–H groups in total. The third kappa shape index (κ3) is 4.84. The van der Waals surface area contributed by atoms with Gasteiger partial charge in [0.15, 0.2) is 0 Å². The number of fused-ring (bicyclic) bond motifs is 1. The summed E-state index contributed by atoms with van der Waals surface area (Å²) in [5.74, 6) is -0.332. The smallest absolute Gasteiger partial charge is 0.335 e. The Balaban J connectivity index is 1.66. The Bertz CT molecular complexity index is 1040. The van der Waals surface area contributed by atoms with Crippen molar-refractivity contribution in [2.45, 2.75) is 26.4 Å². The number of carbonyl (C=O) groups excluding carboxylic acids is 1. The minimum atomic E-state index is -0.945. The lowest BCUT2D eigenvalue weighted by Gasteiger charge is -2.12. The summed E-state index contributed by atoms with van der Waals surface area (Å²) >= 11 is 0. The highest BCUT2D eigenvalue weighted by Gasteiger charge is 2.25. The first kappa shape index (κ1) is 21.0. The Kier molecular flexibility index (Phi) is 6.47. The number of allylic oxidation sites excluding steroid dienone is 3. The standard InChI is InChI=1S/C24H24N2O4/c1-3-16(13-25)4-9-22(27)26-14-21-12-20-11-19(10-15(2)23(20)30-21)17-5-7-18(8-6-17)24(28)29/h3-11,13,21,25H,12,14H2,1-2H3,(H,26,27)(H,28,29). The van der Waals surface area contributed by atoms with Crippen LogP contribution in [0.25, 0.3) is 11.1 Å². The van der Waals surface area contributed by atoms with Gasteiger partial charge >= 0.3 is 5.97 Å². The second-order valence-corrected chi connectivity index (χ2v) is 7.12. The fourth-order valence-corrected chi connectivity index (χ4v) is 3.38. The Labute approximate surface area is 175 Å². The zero-order valence-corrected chi connectivity index (χ0v) is 16.9. The molecule has 1 atom stereocenters. The number of rotatable bonds is 7. The lowest BCUT2D eigenvalue weighted by atomic mass is 9.97. The highest BCUT2D eigenvalue weighted by Crippen LogP contribution is 2.36. The molecule has 6 heteroatoms. The molecule has 154 valence electrons. The molecule has 1 aliphatic rings. The summed E-state index contributed by atoms with van der Waals surface area (Å²) < 4.78 is 6.03. The van der Waals surface area contributed by atoms with Crippen LogP contribution in [-0.4, -0.2) is 35.8 Å². The van der Waals surface area contributed by atoms with Crippen molar-refractivity contribution in [3.63, 3.8) is 0 Å². The maximum Gasteiger partial charge on any atom is 0.335 e. The predicted molar refractivity (Wildman–Crippen MR) is 116 cm³/mol. The molecule has 0 radical (unpaired) electrons. The van der Waals surface area contributed by atoms with Gasteiger partial charge in [0, 0.05) is 18.7 Å². The van der Waals surface area contributed by atoms with Gasteiger partial charge in [-0.25, -0.2) is 4.79 Å². The van der Waals surface area contributed by atoms with Crippen LogP contribution < -0.4 is 10.1 Å². The van der Waals surface area contributed by atoms with Crippen molar-refractivity contribution in [2.75, 3.05) is 6.54 Å². The molecule has 2 aromatic carbocycles. The Morgan fingerprint density at radius 2 is 1.93 bits per heavy atom. The van der Waals surface area contributed by atoms with Crippen LogP contribution in [0.2, 0.25) is 0 Å². The highest BCUT2D eigenvalue weighted by atomic mass is 16.5. The Morgan fingerprint density at radius 3 is 2.57 bits per heavy atom. The van der Waals surface area contributed by atoms with Gasteiger partial charge in [0.1, 0.15) is 11.9 Å². The number of aromatic carboxylic acids is 1. The van der Waals surface area contributed by atoms with Crippen LogP contribution in [0.15, 0.2) is 60.2 Å². The SMILES string of the molecule is CC=C(C=N)C=CC(=O)NCC1Cc2cc(-c3ccc(C(=O)O)cc3)cc(C)c2O1. The summed E-state index contributed by atoms with van der Waals surface area (Å²) in [7, 11) is 0. The molecule has 0 saturated carbocycles. The zero-order valence-electron chi connectivity index (χ0n) is 16.9. The molecule has 1 unspecified atom stereocenters. The van der Waals surface area contributed by atoms with Crippen LogP contribution in [0.1, 0.15) is 28.4 Å². The molecule has 2 aromatic rings. The van der Waals surface area contributed by atoms with Crippen molar-refractivity contribution < 1.29 is 19.4 Å². The number of amides is 1. The number of carboxylic acid groups (broad SMARTS) is 1. The molecule has 1 heterocycles. The average Bonchev–Trinajstić information content (AvgIpc) is 3.17. The van der Waals surface area contributed by atoms with E-state index in [0.29, 0.717) is 18.5 Å². The lowest BCUT2D eigenvalue weighted by molar-refractivity contribution is -0.116. The summed E-state index contributed by atoms with van der Waals surface area (Å²) in [6.45, 7) is 4.17. The summed E-state index contributed by atoms with van der Waals surface area (Å²) in [5, 5.41) is 19.1. The summed E-state index contributed by atoms with van der Waals surface area (Å²) in [4.78, 5) is 23.0. The number of ether oxygens (including phenoxy) is 1. The summed E-state index contributed by atoms with van der Waals surface area (Å²) in [6, 6.07) is 10.9. The van der Waals surface area contributed by atoms with Gasteiger partial charge in [0.25, 0.3) is 0 Å². The van der Waals surface area contributed by atoms with Crippen LogP contribution in [0.3, 0.4) is 0 Å². The molecule has 6 nitrogen and oxygen atoms in total. The maximum atomic E-state index is 12.0. The molecule has 0 bridgehead atoms. The first-order valence-electron chi connectivity index (χ1n) is 9.68. The summed E-state index contributed by atoms with van der Waals surface area (Å²) in [6.07, 6.45) is 6.48. The van der Waals surface area contributed by atoms with Crippen molar-refractivity contribution in [1.29, 1.82) is 5.41 Å². The highest BCUT2D eigenvalue weighted by molar-refractivity contribution is 5.90. The second kappa shape index (κ2) is 9.22. The van der Waals surface area contributed by atoms with E-state index in [-0.39, 0.29) is 17.6 Å². The van der Waals surface area contributed by atoms with E-state index in [9.17, 15) is 9.59 Å². The molecule has 0 fully saturated rings. The summed E-state index contributed by atoms with van der Waals surface area (Å²) in [5.41, 5.74) is 4.94. The number of carbonyl (C=O) groups is 2. The van der Waals surface area contributed by atoms with Crippen LogP contribution in [0.5, 0.6) is 5.75 Å². The molecule has 30 heavy (non-hydrogen) atoms. The van der Waals surface area contributed by atoms with E-state index in [1.807, 2.05) is 19.9 Å². The first-order valence-corrected chi connectivity index (χ1v) is 9.68. The molecule has 3 rings (SSSR count). The lowest BCUT2D eigenvalue weighted by Crippen LogP contribution is -2.33. The largest absolute Gasteiger partial charge is 0.488 e. The molecule has 0 aliphatic carbocycles. The van der Waals surface area contributed by atoms with Gasteiger partial charge in [-0.2, -0.15) is 0 Å². The van der Waals surface area contributed by atoms with Crippen molar-refractivity contribution in [2.24, 2.45) is 0 Å². The van der Waals surface area contributed by atoms with Gasteiger partial charge in [-0.15, -0.1) is 0 Å². The minimum absolute atomic E-state index is 0.149. The Hall–Kier alpha value is -3.67. The number of carboxylic acids is 1. The van der Waals surface area contributed by atoms with Crippen molar-refractivity contribution in [1.82, 2.24) is 5.32 Å². The van der Waals surface area contributed by atoms with E-state index in [4.69, 9.17) is 15.3 Å². The van der Waals surface area contributed by atoms with E-state index in [2.05, 4.69) is 11.4 Å². The van der Waals surface area contributed by atoms with Gasteiger partial charge in [0.05, 0.1) is 12.1 Å². The van der Waals surface area contributed by atoms with E-state index in [0.717, 1.165) is 28.0 Å². The van der Waals surface area contributed by atoms with Gasteiger partial charge in [-0.3, -0.25) is 4.79 Å². The number of hydrogen-bond donors (Lipinski definition) is 3. The van der Waals surface area contributed by atoms with E-state index in [1.165, 1.54) is 12.3 Å². The topological polar surface area (TPSA) is 99.5 Å². The first-order chi connectivity index (χ1) is 14.4. The van der Waals surface area contributed by atoms with Crippen molar-refractivity contribution in [3.05, 3.63) is 76.9 Å². The average molecular weight is 404 g/mol. The third-order valence-corrected chi connectivity index (χ3v) is 4.98. The van der Waals surface area contributed by atoms with Gasteiger partial charge < -0.3 is 20.6 Å². The number of benzene rings is 2. The van der Waals surface area contributed by atoms with Crippen LogP contribution in [0, 0.1) is 12.3 Å².